The molecule has 1 aliphatic carbocycles. The van der Waals surface area contributed by atoms with Crippen LogP contribution < -0.4 is 0 Å². The van der Waals surface area contributed by atoms with Crippen LogP contribution in [0.25, 0.3) is 5.57 Å². The van der Waals surface area contributed by atoms with E-state index in [1.165, 1.54) is 6.26 Å². The Hall–Kier alpha value is -2.41. The molecule has 0 saturated carbocycles. The van der Waals surface area contributed by atoms with E-state index in [1.54, 1.807) is 12.2 Å². The van der Waals surface area contributed by atoms with Crippen molar-refractivity contribution in [2.75, 3.05) is 13.2 Å². The van der Waals surface area contributed by atoms with Gasteiger partial charge in [0.2, 0.25) is 5.79 Å². The van der Waals surface area contributed by atoms with E-state index in [0.717, 1.165) is 24.2 Å². The molecule has 1 atom stereocenters. The van der Waals surface area contributed by atoms with Crippen molar-refractivity contribution in [2.45, 2.75) is 76.4 Å². The fourth-order valence-corrected chi connectivity index (χ4v) is 7.92. The van der Waals surface area contributed by atoms with Crippen molar-refractivity contribution in [3.05, 3.63) is 35.7 Å². The molecule has 1 saturated heterocycles. The van der Waals surface area contributed by atoms with Gasteiger partial charge in [-0.2, -0.15) is 0 Å². The SMILES string of the molecule is CC[Si](CC)(CC)O[C@@]1(C#C/C=C\C#C[Si](C)(C)C)CC2(OCCO2)c2nocc2/C1=C\C(=O)O. The normalized spacial score (nSPS) is 22.5. The lowest BCUT2D eigenvalue weighted by Crippen LogP contribution is -2.53. The zero-order valence-corrected chi connectivity index (χ0v) is 23.5. The predicted octanol–water partition coefficient (Wildman–Crippen LogP) is 4.95. The molecule has 0 amide bonds. The summed E-state index contributed by atoms with van der Waals surface area (Å²) in [5, 5.41) is 13.9. The van der Waals surface area contributed by atoms with Crippen molar-refractivity contribution in [1.29, 1.82) is 0 Å². The molecular formula is C26H35NO6Si2. The summed E-state index contributed by atoms with van der Waals surface area (Å²) in [7, 11) is -3.78. The van der Waals surface area contributed by atoms with Gasteiger partial charge < -0.3 is 23.5 Å². The summed E-state index contributed by atoms with van der Waals surface area (Å²) >= 11 is 0. The van der Waals surface area contributed by atoms with Crippen molar-refractivity contribution in [3.63, 3.8) is 0 Å². The van der Waals surface area contributed by atoms with Crippen LogP contribution in [0.4, 0.5) is 0 Å². The second-order valence-electron chi connectivity index (χ2n) is 9.89. The van der Waals surface area contributed by atoms with Gasteiger partial charge >= 0.3 is 5.97 Å². The highest BCUT2D eigenvalue weighted by molar-refractivity contribution is 6.83. The first-order valence-electron chi connectivity index (χ1n) is 12.1. The number of hydrogen-bond donors (Lipinski definition) is 1. The summed E-state index contributed by atoms with van der Waals surface area (Å²) < 4.78 is 24.5. The maximum atomic E-state index is 12.0. The highest BCUT2D eigenvalue weighted by Gasteiger charge is 2.58. The van der Waals surface area contributed by atoms with E-state index in [-0.39, 0.29) is 6.42 Å². The molecule has 1 spiro atoms. The molecule has 3 rings (SSSR count). The minimum atomic E-state index is -2.28. The monoisotopic (exact) mass is 513 g/mol. The summed E-state index contributed by atoms with van der Waals surface area (Å²) in [6.45, 7) is 13.7. The van der Waals surface area contributed by atoms with Crippen molar-refractivity contribution in [1.82, 2.24) is 5.16 Å². The third-order valence-corrected chi connectivity index (χ3v) is 12.0. The van der Waals surface area contributed by atoms with Gasteiger partial charge in [0.25, 0.3) is 0 Å². The van der Waals surface area contributed by atoms with Crippen molar-refractivity contribution >= 4 is 27.9 Å². The van der Waals surface area contributed by atoms with Crippen LogP contribution in [0.5, 0.6) is 0 Å². The number of rotatable bonds is 6. The van der Waals surface area contributed by atoms with E-state index in [0.29, 0.717) is 30.0 Å². The van der Waals surface area contributed by atoms with Crippen LogP contribution in [-0.2, 0) is 24.5 Å². The second-order valence-corrected chi connectivity index (χ2v) is 19.3. The van der Waals surface area contributed by atoms with Gasteiger partial charge in [-0.25, -0.2) is 4.79 Å². The smallest absolute Gasteiger partial charge is 0.328 e. The van der Waals surface area contributed by atoms with Gasteiger partial charge in [-0.3, -0.25) is 0 Å². The molecule has 1 N–H and O–H groups in total. The number of carboxylic acids is 1. The van der Waals surface area contributed by atoms with Crippen molar-refractivity contribution in [2.24, 2.45) is 0 Å². The van der Waals surface area contributed by atoms with Crippen molar-refractivity contribution < 1.29 is 28.3 Å². The van der Waals surface area contributed by atoms with Crippen LogP contribution in [0.2, 0.25) is 37.8 Å². The summed E-state index contributed by atoms with van der Waals surface area (Å²) in [4.78, 5) is 12.0. The molecule has 35 heavy (non-hydrogen) atoms. The molecular weight excluding hydrogens is 478 g/mol. The Labute approximate surface area is 210 Å². The first-order valence-corrected chi connectivity index (χ1v) is 18.2. The number of ether oxygens (including phenoxy) is 2. The van der Waals surface area contributed by atoms with Crippen LogP contribution in [0.3, 0.4) is 0 Å². The molecule has 0 bridgehead atoms. The minimum Gasteiger partial charge on any atom is -0.478 e. The van der Waals surface area contributed by atoms with Gasteiger partial charge in [0, 0.05) is 11.6 Å². The first-order chi connectivity index (χ1) is 16.5. The van der Waals surface area contributed by atoms with E-state index in [1.807, 2.05) is 0 Å². The molecule has 2 heterocycles. The van der Waals surface area contributed by atoms with Gasteiger partial charge in [0.15, 0.2) is 19.6 Å². The Kier molecular flexibility index (Phi) is 8.30. The molecule has 7 nitrogen and oxygen atoms in total. The van der Waals surface area contributed by atoms with Gasteiger partial charge in [-0.1, -0.05) is 63.3 Å². The number of nitrogens with zero attached hydrogens (tertiary/aromatic N) is 1. The summed E-state index contributed by atoms with van der Waals surface area (Å²) in [6, 6.07) is 2.60. The average Bonchev–Trinajstić information content (AvgIpc) is 3.47. The first kappa shape index (κ1) is 27.2. The minimum absolute atomic E-state index is 0.162. The molecule has 188 valence electrons. The molecule has 9 heteroatoms. The zero-order chi connectivity index (χ0) is 25.7. The van der Waals surface area contributed by atoms with Crippen molar-refractivity contribution in [3.8, 4) is 23.3 Å². The predicted molar refractivity (Wildman–Crippen MR) is 139 cm³/mol. The van der Waals surface area contributed by atoms with Gasteiger partial charge in [0.05, 0.1) is 25.2 Å². The molecule has 1 aliphatic heterocycles. The Morgan fingerprint density at radius 2 is 1.77 bits per heavy atom. The lowest BCUT2D eigenvalue weighted by atomic mass is 9.75. The van der Waals surface area contributed by atoms with E-state index in [9.17, 15) is 9.90 Å². The fourth-order valence-electron chi connectivity index (χ4n) is 4.50. The second kappa shape index (κ2) is 10.7. The molecule has 1 aromatic rings. The van der Waals surface area contributed by atoms with Crippen LogP contribution in [0, 0.1) is 23.3 Å². The quantitative estimate of drug-likeness (QED) is 0.327. The molecule has 0 aromatic carbocycles. The van der Waals surface area contributed by atoms with E-state index < -0.39 is 33.7 Å². The molecule has 1 aromatic heterocycles. The zero-order valence-electron chi connectivity index (χ0n) is 21.5. The van der Waals surface area contributed by atoms with Crippen LogP contribution in [-0.4, -0.2) is 51.4 Å². The molecule has 1 fully saturated rings. The molecule has 0 unspecified atom stereocenters. The third-order valence-electron chi connectivity index (χ3n) is 6.45. The highest BCUT2D eigenvalue weighted by Crippen LogP contribution is 2.53. The van der Waals surface area contributed by atoms with E-state index >= 15 is 0 Å². The number of allylic oxidation sites excluding steroid dienone is 2. The number of hydrogen-bond acceptors (Lipinski definition) is 6. The Bertz CT molecular complexity index is 1110. The largest absolute Gasteiger partial charge is 0.478 e. The third kappa shape index (κ3) is 5.88. The Balaban J connectivity index is 2.22. The topological polar surface area (TPSA) is 91.0 Å². The van der Waals surface area contributed by atoms with E-state index in [4.69, 9.17) is 18.4 Å². The van der Waals surface area contributed by atoms with Crippen LogP contribution in [0.15, 0.2) is 29.0 Å². The summed E-state index contributed by atoms with van der Waals surface area (Å²) in [6.07, 6.45) is 6.17. The number of aromatic nitrogens is 1. The maximum Gasteiger partial charge on any atom is 0.328 e. The lowest BCUT2D eigenvalue weighted by Gasteiger charge is -2.46. The van der Waals surface area contributed by atoms with Crippen LogP contribution in [0.1, 0.15) is 38.4 Å². The van der Waals surface area contributed by atoms with Gasteiger partial charge in [0.1, 0.15) is 14.3 Å². The number of aliphatic carboxylic acids is 1. The fraction of sp³-hybridized carbons (Fsp3) is 0.538. The molecule has 0 radical (unpaired) electrons. The van der Waals surface area contributed by atoms with Gasteiger partial charge in [-0.05, 0) is 30.3 Å². The lowest BCUT2D eigenvalue weighted by molar-refractivity contribution is -0.193. The number of carbonyl (C=O) groups is 1. The number of carboxylic acid groups (broad SMARTS) is 1. The highest BCUT2D eigenvalue weighted by atomic mass is 28.4. The van der Waals surface area contributed by atoms with Crippen LogP contribution >= 0.6 is 0 Å². The Morgan fingerprint density at radius 3 is 2.34 bits per heavy atom. The number of fused-ring (bicyclic) bond motifs is 2. The maximum absolute atomic E-state index is 12.0. The summed E-state index contributed by atoms with van der Waals surface area (Å²) in [5.74, 6) is 7.15. The Morgan fingerprint density at radius 1 is 1.14 bits per heavy atom. The van der Waals surface area contributed by atoms with E-state index in [2.05, 4.69) is 68.9 Å². The summed E-state index contributed by atoms with van der Waals surface area (Å²) in [5.41, 5.74) is 3.33. The molecule has 2 aliphatic rings. The standard InChI is InChI=1S/C26H35NO6Si2/c1-7-35(8-2,9-3)33-25(14-12-10-11-13-17-34(4,5)6)20-26(30-15-16-31-26)24-21(19-32-27-24)22(25)18-23(28)29/h10-11,18-19H,7-9,15-16,20H2,1-6H3,(H,28,29)/b11-10-,22-18+/t25-/m0/s1. The average molecular weight is 514 g/mol. The van der Waals surface area contributed by atoms with Gasteiger partial charge in [-0.15, -0.1) is 5.54 Å².